The van der Waals surface area contributed by atoms with Gasteiger partial charge in [0.15, 0.2) is 11.6 Å². The third-order valence-corrected chi connectivity index (χ3v) is 3.96. The third kappa shape index (κ3) is 4.47. The minimum atomic E-state index is -5.07. The molecule has 2 aromatic heterocycles. The lowest BCUT2D eigenvalue weighted by Gasteiger charge is -2.17. The van der Waals surface area contributed by atoms with E-state index in [-0.39, 0.29) is 23.4 Å². The highest BCUT2D eigenvalue weighted by molar-refractivity contribution is 5.92. The van der Waals surface area contributed by atoms with Crippen LogP contribution in [-0.4, -0.2) is 25.8 Å². The van der Waals surface area contributed by atoms with E-state index in [1.54, 1.807) is 0 Å². The number of alkyl halides is 3. The van der Waals surface area contributed by atoms with Crippen molar-refractivity contribution in [2.75, 3.05) is 0 Å². The summed E-state index contributed by atoms with van der Waals surface area (Å²) in [5.74, 6) is -4.04. The van der Waals surface area contributed by atoms with Crippen LogP contribution in [-0.2, 0) is 6.18 Å². The average Bonchev–Trinajstić information content (AvgIpc) is 2.68. The third-order valence-electron chi connectivity index (χ3n) is 3.96. The number of aromatic amines is 1. The van der Waals surface area contributed by atoms with E-state index in [0.717, 1.165) is 6.07 Å². The number of carbonyl (C=O) groups is 1. The van der Waals surface area contributed by atoms with Crippen LogP contribution in [0.5, 0.6) is 0 Å². The molecule has 1 atom stereocenters. The van der Waals surface area contributed by atoms with E-state index < -0.39 is 46.4 Å². The van der Waals surface area contributed by atoms with Gasteiger partial charge in [-0.15, -0.1) is 0 Å². The normalized spacial score (nSPS) is 12.5. The van der Waals surface area contributed by atoms with Crippen molar-refractivity contribution in [3.05, 3.63) is 75.5 Å². The van der Waals surface area contributed by atoms with Crippen molar-refractivity contribution in [1.82, 2.24) is 25.3 Å². The van der Waals surface area contributed by atoms with Crippen LogP contribution in [0, 0.1) is 11.6 Å². The largest absolute Gasteiger partial charge is 0.419 e. The van der Waals surface area contributed by atoms with E-state index in [9.17, 15) is 31.5 Å². The van der Waals surface area contributed by atoms with Crippen molar-refractivity contribution < 1.29 is 26.7 Å². The van der Waals surface area contributed by atoms with Gasteiger partial charge in [-0.2, -0.15) is 13.2 Å². The first-order valence-corrected chi connectivity index (χ1v) is 8.32. The van der Waals surface area contributed by atoms with E-state index in [4.69, 9.17) is 0 Å². The predicted molar refractivity (Wildman–Crippen MR) is 93.1 cm³/mol. The summed E-state index contributed by atoms with van der Waals surface area (Å²) in [4.78, 5) is 38.3. The van der Waals surface area contributed by atoms with Crippen molar-refractivity contribution in [3.63, 3.8) is 0 Å². The van der Waals surface area contributed by atoms with Crippen LogP contribution >= 0.6 is 0 Å². The van der Waals surface area contributed by atoms with E-state index in [1.165, 1.54) is 25.4 Å². The first kappa shape index (κ1) is 21.0. The van der Waals surface area contributed by atoms with E-state index >= 15 is 0 Å². The summed E-state index contributed by atoms with van der Waals surface area (Å²) in [6.45, 7) is 1.23. The first-order valence-electron chi connectivity index (χ1n) is 8.32. The Morgan fingerprint density at radius 2 is 1.77 bits per heavy atom. The highest BCUT2D eigenvalue weighted by Crippen LogP contribution is 2.33. The summed E-state index contributed by atoms with van der Waals surface area (Å²) in [5, 5.41) is 2.26. The number of nitrogens with zero attached hydrogens (tertiary/aromatic N) is 3. The Bertz CT molecular complexity index is 1150. The first-order chi connectivity index (χ1) is 14.1. The topological polar surface area (TPSA) is 101 Å². The van der Waals surface area contributed by atoms with Gasteiger partial charge in [0.1, 0.15) is 17.3 Å². The summed E-state index contributed by atoms with van der Waals surface area (Å²) in [6.07, 6.45) is -2.29. The molecule has 3 aromatic rings. The van der Waals surface area contributed by atoms with Crippen molar-refractivity contribution in [3.8, 4) is 11.6 Å². The van der Waals surface area contributed by atoms with Crippen LogP contribution < -0.4 is 10.9 Å². The summed E-state index contributed by atoms with van der Waals surface area (Å²) in [5.41, 5.74) is -3.34. The highest BCUT2D eigenvalue weighted by Gasteiger charge is 2.35. The van der Waals surface area contributed by atoms with E-state index in [2.05, 4.69) is 25.3 Å². The summed E-state index contributed by atoms with van der Waals surface area (Å²) < 4.78 is 65.9. The van der Waals surface area contributed by atoms with Gasteiger partial charge in [0.2, 0.25) is 0 Å². The van der Waals surface area contributed by atoms with Crippen LogP contribution in [0.25, 0.3) is 11.6 Å². The molecule has 0 bridgehead atoms. The fourth-order valence-corrected chi connectivity index (χ4v) is 2.56. The van der Waals surface area contributed by atoms with Gasteiger partial charge in [-0.1, -0.05) is 0 Å². The number of amides is 1. The van der Waals surface area contributed by atoms with Gasteiger partial charge < -0.3 is 10.3 Å². The van der Waals surface area contributed by atoms with Crippen molar-refractivity contribution >= 4 is 5.91 Å². The van der Waals surface area contributed by atoms with Crippen LogP contribution in [0.2, 0.25) is 0 Å². The Balaban J connectivity index is 1.87. The average molecular weight is 425 g/mol. The molecular formula is C18H12F5N5O2. The molecule has 7 nitrogen and oxygen atoms in total. The van der Waals surface area contributed by atoms with Crippen molar-refractivity contribution in [2.24, 2.45) is 0 Å². The number of H-pyrrole nitrogens is 1. The summed E-state index contributed by atoms with van der Waals surface area (Å²) in [7, 11) is 0. The second-order valence-electron chi connectivity index (χ2n) is 6.10. The molecule has 3 rings (SSSR count). The molecular weight excluding hydrogens is 413 g/mol. The molecule has 0 unspecified atom stereocenters. The molecule has 12 heteroatoms. The molecule has 2 heterocycles. The maximum atomic E-state index is 14.1. The standard InChI is InChI=1S/C18H12F5N5O2/c1-8(9-5-12(20)10(6-11(9)19)18(21,22)23)26-17(30)13-7-14(29)28-16(27-13)15-24-3-2-4-25-15/h2-8H,1H3,(H,26,30)(H,27,28,29)/t8-/m1/s1. The number of hydrogen-bond donors (Lipinski definition) is 2. The molecule has 2 N–H and O–H groups in total. The van der Waals surface area contributed by atoms with E-state index in [1.807, 2.05) is 0 Å². The maximum Gasteiger partial charge on any atom is 0.419 e. The zero-order valence-corrected chi connectivity index (χ0v) is 15.1. The number of rotatable bonds is 4. The molecule has 0 saturated carbocycles. The lowest BCUT2D eigenvalue weighted by molar-refractivity contribution is -0.140. The fourth-order valence-electron chi connectivity index (χ4n) is 2.56. The molecule has 30 heavy (non-hydrogen) atoms. The van der Waals surface area contributed by atoms with Gasteiger partial charge in [-0.3, -0.25) is 9.59 Å². The molecule has 156 valence electrons. The monoisotopic (exact) mass is 425 g/mol. The molecule has 1 aromatic carbocycles. The van der Waals surface area contributed by atoms with Gasteiger partial charge in [0.05, 0.1) is 11.6 Å². The fraction of sp³-hybridized carbons (Fsp3) is 0.167. The summed E-state index contributed by atoms with van der Waals surface area (Å²) >= 11 is 0. The Kier molecular flexibility index (Phi) is 5.58. The molecule has 0 radical (unpaired) electrons. The van der Waals surface area contributed by atoms with Gasteiger partial charge >= 0.3 is 6.18 Å². The predicted octanol–water partition coefficient (Wildman–Crippen LogP) is 3.01. The van der Waals surface area contributed by atoms with Crippen LogP contribution in [0.15, 0.2) is 41.5 Å². The van der Waals surface area contributed by atoms with Crippen LogP contribution in [0.3, 0.4) is 0 Å². The number of hydrogen-bond acceptors (Lipinski definition) is 5. The Hall–Kier alpha value is -3.70. The zero-order chi connectivity index (χ0) is 22.1. The SMILES string of the molecule is C[C@@H](NC(=O)c1cc(=O)[nH]c(-c2ncccn2)n1)c1cc(F)c(C(F)(F)F)cc1F. The second kappa shape index (κ2) is 7.97. The molecule has 0 saturated heterocycles. The Morgan fingerprint density at radius 1 is 1.10 bits per heavy atom. The van der Waals surface area contributed by atoms with Gasteiger partial charge in [-0.05, 0) is 25.1 Å². The molecule has 0 aliphatic rings. The second-order valence-corrected chi connectivity index (χ2v) is 6.10. The maximum absolute atomic E-state index is 14.1. The van der Waals surface area contributed by atoms with Gasteiger partial charge in [0.25, 0.3) is 11.5 Å². The Labute approximate surface area is 165 Å². The van der Waals surface area contributed by atoms with Crippen molar-refractivity contribution in [1.29, 1.82) is 0 Å². The minimum Gasteiger partial charge on any atom is -0.344 e. The van der Waals surface area contributed by atoms with Crippen LogP contribution in [0.1, 0.15) is 34.6 Å². The molecule has 0 aliphatic carbocycles. The quantitative estimate of drug-likeness (QED) is 0.626. The zero-order valence-electron chi connectivity index (χ0n) is 15.1. The lowest BCUT2D eigenvalue weighted by Crippen LogP contribution is -2.30. The molecule has 0 fully saturated rings. The number of benzene rings is 1. The Morgan fingerprint density at radius 3 is 2.40 bits per heavy atom. The summed E-state index contributed by atoms with van der Waals surface area (Å²) in [6, 6.07) is 1.53. The van der Waals surface area contributed by atoms with Crippen molar-refractivity contribution in [2.45, 2.75) is 19.1 Å². The number of carbonyl (C=O) groups excluding carboxylic acids is 1. The molecule has 0 spiro atoms. The highest BCUT2D eigenvalue weighted by atomic mass is 19.4. The number of halogens is 5. The van der Waals surface area contributed by atoms with Gasteiger partial charge in [0, 0.05) is 24.0 Å². The minimum absolute atomic E-state index is 0.0175. The smallest absolute Gasteiger partial charge is 0.344 e. The van der Waals surface area contributed by atoms with Gasteiger partial charge in [-0.25, -0.2) is 23.7 Å². The number of aromatic nitrogens is 4. The number of nitrogens with one attached hydrogen (secondary N) is 2. The lowest BCUT2D eigenvalue weighted by atomic mass is 10.0. The van der Waals surface area contributed by atoms with E-state index in [0.29, 0.717) is 6.07 Å². The van der Waals surface area contributed by atoms with Crippen LogP contribution in [0.4, 0.5) is 22.0 Å². The molecule has 1 amide bonds. The molecule has 0 aliphatic heterocycles.